The Morgan fingerprint density at radius 1 is 1.47 bits per heavy atom. The van der Waals surface area contributed by atoms with Gasteiger partial charge in [-0.2, -0.15) is 0 Å². The maximum atomic E-state index is 4.45. The van der Waals surface area contributed by atoms with E-state index in [0.717, 1.165) is 18.0 Å². The quantitative estimate of drug-likeness (QED) is 0.810. The first-order valence-corrected chi connectivity index (χ1v) is 6.73. The zero-order valence-electron chi connectivity index (χ0n) is 8.69. The highest BCUT2D eigenvalue weighted by atomic mass is 32.1. The molecule has 2 aromatic heterocycles. The monoisotopic (exact) mass is 238 g/mol. The Hall–Kier alpha value is -0.710. The highest BCUT2D eigenvalue weighted by Gasteiger charge is 2.04. The highest BCUT2D eigenvalue weighted by Crippen LogP contribution is 2.29. The predicted octanol–water partition coefficient (Wildman–Crippen LogP) is 3.02. The van der Waals surface area contributed by atoms with Crippen LogP contribution >= 0.6 is 22.7 Å². The Kier molecular flexibility index (Phi) is 3.88. The molecule has 2 heterocycles. The summed E-state index contributed by atoms with van der Waals surface area (Å²) in [5.41, 5.74) is 0. The molecule has 4 heteroatoms. The van der Waals surface area contributed by atoms with E-state index in [1.165, 1.54) is 16.2 Å². The third-order valence-electron chi connectivity index (χ3n) is 2.14. The van der Waals surface area contributed by atoms with Crippen LogP contribution in [0.2, 0.25) is 0 Å². The van der Waals surface area contributed by atoms with Gasteiger partial charge in [0.1, 0.15) is 5.01 Å². The Labute approximate surface area is 98.0 Å². The van der Waals surface area contributed by atoms with E-state index >= 15 is 0 Å². The molecule has 0 saturated heterocycles. The van der Waals surface area contributed by atoms with Crippen molar-refractivity contribution in [3.63, 3.8) is 0 Å². The molecule has 0 spiro atoms. The normalized spacial score (nSPS) is 10.7. The fourth-order valence-electron chi connectivity index (χ4n) is 1.38. The van der Waals surface area contributed by atoms with Crippen LogP contribution in [0.3, 0.4) is 0 Å². The van der Waals surface area contributed by atoms with Gasteiger partial charge in [-0.15, -0.1) is 22.7 Å². The average Bonchev–Trinajstić information content (AvgIpc) is 2.87. The molecule has 2 nitrogen and oxygen atoms in total. The van der Waals surface area contributed by atoms with Gasteiger partial charge in [0.05, 0.1) is 4.88 Å². The van der Waals surface area contributed by atoms with Gasteiger partial charge in [0, 0.05) is 11.1 Å². The zero-order valence-corrected chi connectivity index (χ0v) is 10.3. The number of aromatic nitrogens is 1. The van der Waals surface area contributed by atoms with E-state index in [1.54, 1.807) is 11.3 Å². The van der Waals surface area contributed by atoms with Crippen molar-refractivity contribution in [2.45, 2.75) is 12.8 Å². The van der Waals surface area contributed by atoms with E-state index in [4.69, 9.17) is 0 Å². The lowest BCUT2D eigenvalue weighted by Crippen LogP contribution is -2.07. The van der Waals surface area contributed by atoms with E-state index in [9.17, 15) is 0 Å². The first kappa shape index (κ1) is 10.8. The third-order valence-corrected chi connectivity index (χ3v) is 4.23. The predicted molar refractivity (Wildman–Crippen MR) is 67.7 cm³/mol. The van der Waals surface area contributed by atoms with Gasteiger partial charge in [-0.3, -0.25) is 0 Å². The van der Waals surface area contributed by atoms with Crippen LogP contribution in [0.1, 0.15) is 11.3 Å². The number of thiazole rings is 1. The van der Waals surface area contributed by atoms with Crippen LogP contribution in [0.5, 0.6) is 0 Å². The van der Waals surface area contributed by atoms with Gasteiger partial charge < -0.3 is 5.32 Å². The molecule has 2 aromatic rings. The summed E-state index contributed by atoms with van der Waals surface area (Å²) in [5, 5.41) is 6.41. The number of rotatable bonds is 5. The second kappa shape index (κ2) is 5.39. The topological polar surface area (TPSA) is 24.9 Å². The summed E-state index contributed by atoms with van der Waals surface area (Å²) in [6, 6.07) is 4.20. The van der Waals surface area contributed by atoms with Gasteiger partial charge in [0.25, 0.3) is 0 Å². The number of hydrogen-bond acceptors (Lipinski definition) is 4. The van der Waals surface area contributed by atoms with E-state index in [-0.39, 0.29) is 0 Å². The second-order valence-corrected chi connectivity index (χ2v) is 5.38. The SMILES string of the molecule is CNCCCc1cnc(-c2cccs2)s1. The number of thiophene rings is 1. The summed E-state index contributed by atoms with van der Waals surface area (Å²) in [4.78, 5) is 7.11. The number of hydrogen-bond donors (Lipinski definition) is 1. The van der Waals surface area contributed by atoms with Crippen LogP contribution < -0.4 is 5.32 Å². The third kappa shape index (κ3) is 2.87. The van der Waals surface area contributed by atoms with Crippen molar-refractivity contribution in [3.05, 3.63) is 28.6 Å². The Morgan fingerprint density at radius 2 is 2.40 bits per heavy atom. The number of nitrogens with one attached hydrogen (secondary N) is 1. The molecule has 2 rings (SSSR count). The Morgan fingerprint density at radius 3 is 3.13 bits per heavy atom. The minimum Gasteiger partial charge on any atom is -0.320 e. The van der Waals surface area contributed by atoms with Crippen molar-refractivity contribution in [1.82, 2.24) is 10.3 Å². The van der Waals surface area contributed by atoms with Crippen molar-refractivity contribution in [1.29, 1.82) is 0 Å². The lowest BCUT2D eigenvalue weighted by molar-refractivity contribution is 0.729. The number of nitrogens with zero attached hydrogens (tertiary/aromatic N) is 1. The molecule has 15 heavy (non-hydrogen) atoms. The zero-order chi connectivity index (χ0) is 10.5. The molecular weight excluding hydrogens is 224 g/mol. The molecule has 80 valence electrons. The molecule has 0 radical (unpaired) electrons. The van der Waals surface area contributed by atoms with Crippen LogP contribution in [-0.2, 0) is 6.42 Å². The first-order chi connectivity index (χ1) is 7.40. The Bertz CT molecular complexity index is 392. The van der Waals surface area contributed by atoms with Crippen LogP contribution in [0.15, 0.2) is 23.7 Å². The van der Waals surface area contributed by atoms with Crippen molar-refractivity contribution in [3.8, 4) is 9.88 Å². The summed E-state index contributed by atoms with van der Waals surface area (Å²) in [5.74, 6) is 0. The van der Waals surface area contributed by atoms with Crippen molar-refractivity contribution in [2.24, 2.45) is 0 Å². The average molecular weight is 238 g/mol. The summed E-state index contributed by atoms with van der Waals surface area (Å²) in [7, 11) is 1.99. The summed E-state index contributed by atoms with van der Waals surface area (Å²) >= 11 is 3.57. The largest absolute Gasteiger partial charge is 0.320 e. The van der Waals surface area contributed by atoms with E-state index in [2.05, 4.69) is 27.8 Å². The van der Waals surface area contributed by atoms with Crippen LogP contribution in [0.4, 0.5) is 0 Å². The van der Waals surface area contributed by atoms with Crippen LogP contribution in [-0.4, -0.2) is 18.6 Å². The molecule has 0 aliphatic heterocycles. The minimum atomic E-state index is 1.08. The van der Waals surface area contributed by atoms with Crippen LogP contribution in [0.25, 0.3) is 9.88 Å². The molecule has 0 saturated carbocycles. The van der Waals surface area contributed by atoms with Gasteiger partial charge in [-0.1, -0.05) is 6.07 Å². The molecule has 0 fully saturated rings. The number of aryl methyl sites for hydroxylation is 1. The van der Waals surface area contributed by atoms with Crippen molar-refractivity contribution >= 4 is 22.7 Å². The van der Waals surface area contributed by atoms with Gasteiger partial charge >= 0.3 is 0 Å². The maximum absolute atomic E-state index is 4.45. The maximum Gasteiger partial charge on any atom is 0.133 e. The summed E-state index contributed by atoms with van der Waals surface area (Å²) in [6.45, 7) is 1.08. The van der Waals surface area contributed by atoms with Gasteiger partial charge in [0.15, 0.2) is 0 Å². The molecule has 0 atom stereocenters. The fraction of sp³-hybridized carbons (Fsp3) is 0.364. The molecular formula is C11H14N2S2. The second-order valence-electron chi connectivity index (χ2n) is 3.32. The summed E-state index contributed by atoms with van der Waals surface area (Å²) in [6.07, 6.45) is 4.32. The lowest BCUT2D eigenvalue weighted by atomic mass is 10.3. The molecule has 1 N–H and O–H groups in total. The van der Waals surface area contributed by atoms with Crippen LogP contribution in [0, 0.1) is 0 Å². The minimum absolute atomic E-state index is 1.08. The van der Waals surface area contributed by atoms with E-state index in [1.807, 2.05) is 24.6 Å². The molecule has 0 aliphatic carbocycles. The standard InChI is InChI=1S/C11H14N2S2/c1-12-6-2-4-9-8-13-11(15-9)10-5-3-7-14-10/h3,5,7-8,12H,2,4,6H2,1H3. The lowest BCUT2D eigenvalue weighted by Gasteiger charge is -1.95. The molecule has 0 aliphatic rings. The molecule has 0 aromatic carbocycles. The summed E-state index contributed by atoms with van der Waals surface area (Å²) < 4.78 is 0. The van der Waals surface area contributed by atoms with Crippen molar-refractivity contribution < 1.29 is 0 Å². The smallest absolute Gasteiger partial charge is 0.133 e. The first-order valence-electron chi connectivity index (χ1n) is 5.03. The molecule has 0 amide bonds. The van der Waals surface area contributed by atoms with Gasteiger partial charge in [-0.05, 0) is 37.9 Å². The van der Waals surface area contributed by atoms with Gasteiger partial charge in [0.2, 0.25) is 0 Å². The van der Waals surface area contributed by atoms with E-state index < -0.39 is 0 Å². The Balaban J connectivity index is 1.98. The van der Waals surface area contributed by atoms with Crippen molar-refractivity contribution in [2.75, 3.05) is 13.6 Å². The fourth-order valence-corrected chi connectivity index (χ4v) is 3.13. The van der Waals surface area contributed by atoms with E-state index in [0.29, 0.717) is 0 Å². The highest BCUT2D eigenvalue weighted by molar-refractivity contribution is 7.20. The molecule has 0 unspecified atom stereocenters. The van der Waals surface area contributed by atoms with Gasteiger partial charge in [-0.25, -0.2) is 4.98 Å². The molecule has 0 bridgehead atoms.